The second kappa shape index (κ2) is 9.40. The van der Waals surface area contributed by atoms with Gasteiger partial charge < -0.3 is 9.47 Å². The van der Waals surface area contributed by atoms with E-state index in [1.165, 1.54) is 5.56 Å². The normalized spacial score (nSPS) is 11.0. The third-order valence-corrected chi connectivity index (χ3v) is 4.95. The molecule has 1 heterocycles. The number of aromatic amines is 1. The molecule has 0 fully saturated rings. The number of methoxy groups -OCH3 is 1. The number of aryl methyl sites for hydroxylation is 1. The quantitative estimate of drug-likeness (QED) is 0.316. The summed E-state index contributed by atoms with van der Waals surface area (Å²) in [5.74, 6) is 1.88. The highest BCUT2D eigenvalue weighted by molar-refractivity contribution is 7.71. The number of para-hydroxylation sites is 1. The summed E-state index contributed by atoms with van der Waals surface area (Å²) < 4.78 is 13.7. The summed E-state index contributed by atoms with van der Waals surface area (Å²) in [7, 11) is 1.62. The zero-order valence-electron chi connectivity index (χ0n) is 17.3. The van der Waals surface area contributed by atoms with Crippen molar-refractivity contribution >= 4 is 18.4 Å². The summed E-state index contributed by atoms with van der Waals surface area (Å²) in [5.41, 5.74) is 3.95. The van der Waals surface area contributed by atoms with Crippen LogP contribution in [-0.4, -0.2) is 28.2 Å². The molecular formula is C24H22N4O2S. The van der Waals surface area contributed by atoms with Crippen LogP contribution < -0.4 is 9.47 Å². The zero-order chi connectivity index (χ0) is 21.6. The van der Waals surface area contributed by atoms with Crippen LogP contribution in [0.2, 0.25) is 0 Å². The van der Waals surface area contributed by atoms with Crippen LogP contribution in [0.4, 0.5) is 0 Å². The topological polar surface area (TPSA) is 64.4 Å². The Kier molecular flexibility index (Phi) is 6.24. The molecule has 0 aliphatic rings. The van der Waals surface area contributed by atoms with Gasteiger partial charge in [-0.2, -0.15) is 14.9 Å². The maximum Gasteiger partial charge on any atom is 0.216 e. The SMILES string of the molecule is COc1cccc(/C=N\n2c(-c3ccccc3)n[nH]c2=S)c1OCc1cccc(C)c1. The smallest absolute Gasteiger partial charge is 0.216 e. The standard InChI is InChI=1S/C24H22N4O2S/c1-17-8-6-9-18(14-17)16-30-22-20(12-7-13-21(22)29-2)15-25-28-23(26-27-24(28)31)19-10-4-3-5-11-19/h3-15H,16H2,1-2H3,(H,27,31)/b25-15-. The Bertz CT molecular complexity index is 1260. The molecule has 1 aromatic heterocycles. The number of hydrogen-bond acceptors (Lipinski definition) is 5. The van der Waals surface area contributed by atoms with Gasteiger partial charge in [0.2, 0.25) is 4.77 Å². The van der Waals surface area contributed by atoms with Crippen LogP contribution in [0.25, 0.3) is 11.4 Å². The van der Waals surface area contributed by atoms with E-state index >= 15 is 0 Å². The van der Waals surface area contributed by atoms with Crippen LogP contribution in [0.1, 0.15) is 16.7 Å². The van der Waals surface area contributed by atoms with Crippen molar-refractivity contribution in [3.05, 3.63) is 94.3 Å². The zero-order valence-corrected chi connectivity index (χ0v) is 18.1. The van der Waals surface area contributed by atoms with E-state index < -0.39 is 0 Å². The van der Waals surface area contributed by atoms with Crippen molar-refractivity contribution in [2.75, 3.05) is 7.11 Å². The fraction of sp³-hybridized carbons (Fsp3) is 0.125. The van der Waals surface area contributed by atoms with E-state index in [-0.39, 0.29) is 0 Å². The van der Waals surface area contributed by atoms with Gasteiger partial charge in [-0.15, -0.1) is 0 Å². The minimum atomic E-state index is 0.403. The van der Waals surface area contributed by atoms with Crippen LogP contribution in [0.15, 0.2) is 77.9 Å². The molecule has 0 saturated heterocycles. The monoisotopic (exact) mass is 430 g/mol. The summed E-state index contributed by atoms with van der Waals surface area (Å²) >= 11 is 5.37. The average Bonchev–Trinajstić information content (AvgIpc) is 3.17. The predicted octanol–water partition coefficient (Wildman–Crippen LogP) is 5.39. The second-order valence-electron chi connectivity index (χ2n) is 6.93. The molecule has 156 valence electrons. The molecule has 31 heavy (non-hydrogen) atoms. The minimum Gasteiger partial charge on any atom is -0.493 e. The lowest BCUT2D eigenvalue weighted by molar-refractivity contribution is 0.284. The van der Waals surface area contributed by atoms with Gasteiger partial charge in [0.15, 0.2) is 17.3 Å². The highest BCUT2D eigenvalue weighted by Crippen LogP contribution is 2.31. The molecule has 6 nitrogen and oxygen atoms in total. The highest BCUT2D eigenvalue weighted by atomic mass is 32.1. The molecule has 0 amide bonds. The summed E-state index contributed by atoms with van der Waals surface area (Å²) in [6.07, 6.45) is 1.70. The molecule has 0 atom stereocenters. The van der Waals surface area contributed by atoms with Crippen LogP contribution in [0.5, 0.6) is 11.5 Å². The van der Waals surface area contributed by atoms with Gasteiger partial charge >= 0.3 is 0 Å². The van der Waals surface area contributed by atoms with Gasteiger partial charge in [-0.05, 0) is 36.8 Å². The first-order chi connectivity index (χ1) is 15.2. The maximum absolute atomic E-state index is 6.14. The summed E-state index contributed by atoms with van der Waals surface area (Å²) in [6.45, 7) is 2.48. The van der Waals surface area contributed by atoms with Crippen LogP contribution in [-0.2, 0) is 6.61 Å². The molecule has 7 heteroatoms. The molecule has 0 saturated carbocycles. The van der Waals surface area contributed by atoms with Crippen LogP contribution in [0.3, 0.4) is 0 Å². The Morgan fingerprint density at radius 3 is 2.65 bits per heavy atom. The molecule has 0 unspecified atom stereocenters. The Labute approximate surface area is 185 Å². The van der Waals surface area contributed by atoms with Crippen molar-refractivity contribution < 1.29 is 9.47 Å². The second-order valence-corrected chi connectivity index (χ2v) is 7.32. The van der Waals surface area contributed by atoms with E-state index in [0.29, 0.717) is 28.7 Å². The first-order valence-corrected chi connectivity index (χ1v) is 10.2. The lowest BCUT2D eigenvalue weighted by Gasteiger charge is -2.13. The van der Waals surface area contributed by atoms with Crippen molar-refractivity contribution in [3.8, 4) is 22.9 Å². The molecule has 0 aliphatic carbocycles. The van der Waals surface area contributed by atoms with Gasteiger partial charge in [0.25, 0.3) is 0 Å². The molecule has 1 N–H and O–H groups in total. The third kappa shape index (κ3) is 4.73. The molecule has 0 spiro atoms. The third-order valence-electron chi connectivity index (χ3n) is 4.69. The fourth-order valence-corrected chi connectivity index (χ4v) is 3.38. The first-order valence-electron chi connectivity index (χ1n) is 9.78. The van der Waals surface area contributed by atoms with E-state index in [4.69, 9.17) is 21.7 Å². The Morgan fingerprint density at radius 1 is 1.06 bits per heavy atom. The number of hydrogen-bond donors (Lipinski definition) is 1. The number of benzene rings is 3. The summed E-state index contributed by atoms with van der Waals surface area (Å²) in [6, 6.07) is 23.6. The number of ether oxygens (including phenoxy) is 2. The molecule has 4 rings (SSSR count). The molecule has 0 radical (unpaired) electrons. The number of nitrogens with one attached hydrogen (secondary N) is 1. The largest absolute Gasteiger partial charge is 0.493 e. The lowest BCUT2D eigenvalue weighted by atomic mass is 10.1. The van der Waals surface area contributed by atoms with E-state index in [1.54, 1.807) is 18.0 Å². The van der Waals surface area contributed by atoms with Gasteiger partial charge in [-0.25, -0.2) is 5.10 Å². The van der Waals surface area contributed by atoms with Gasteiger partial charge in [-0.1, -0.05) is 66.2 Å². The van der Waals surface area contributed by atoms with Crippen molar-refractivity contribution in [1.29, 1.82) is 0 Å². The number of H-pyrrole nitrogens is 1. The van der Waals surface area contributed by atoms with Crippen molar-refractivity contribution in [1.82, 2.24) is 14.9 Å². The van der Waals surface area contributed by atoms with E-state index in [1.807, 2.05) is 60.7 Å². The molecular weight excluding hydrogens is 408 g/mol. The Hall–Kier alpha value is -3.71. The summed E-state index contributed by atoms with van der Waals surface area (Å²) in [5, 5.41) is 11.7. The van der Waals surface area contributed by atoms with Crippen molar-refractivity contribution in [2.45, 2.75) is 13.5 Å². The van der Waals surface area contributed by atoms with Gasteiger partial charge in [0, 0.05) is 11.1 Å². The number of aromatic nitrogens is 3. The van der Waals surface area contributed by atoms with Crippen molar-refractivity contribution in [2.24, 2.45) is 5.10 Å². The van der Waals surface area contributed by atoms with E-state index in [0.717, 1.165) is 16.7 Å². The van der Waals surface area contributed by atoms with E-state index in [2.05, 4.69) is 34.4 Å². The van der Waals surface area contributed by atoms with E-state index in [9.17, 15) is 0 Å². The van der Waals surface area contributed by atoms with Crippen LogP contribution in [0, 0.1) is 11.7 Å². The maximum atomic E-state index is 6.14. The average molecular weight is 431 g/mol. The molecule has 0 bridgehead atoms. The number of nitrogens with zero attached hydrogens (tertiary/aromatic N) is 3. The molecule has 4 aromatic rings. The van der Waals surface area contributed by atoms with Crippen molar-refractivity contribution in [3.63, 3.8) is 0 Å². The van der Waals surface area contributed by atoms with Gasteiger partial charge in [-0.3, -0.25) is 0 Å². The van der Waals surface area contributed by atoms with Gasteiger partial charge in [0.05, 0.1) is 13.3 Å². The fourth-order valence-electron chi connectivity index (χ4n) is 3.20. The first kappa shape index (κ1) is 20.6. The Balaban J connectivity index is 1.66. The predicted molar refractivity (Wildman–Crippen MR) is 124 cm³/mol. The Morgan fingerprint density at radius 2 is 1.87 bits per heavy atom. The van der Waals surface area contributed by atoms with Crippen LogP contribution >= 0.6 is 12.2 Å². The molecule has 3 aromatic carbocycles. The summed E-state index contributed by atoms with van der Waals surface area (Å²) in [4.78, 5) is 0. The lowest BCUT2D eigenvalue weighted by Crippen LogP contribution is -2.02. The minimum absolute atomic E-state index is 0.403. The number of rotatable bonds is 7. The molecule has 0 aliphatic heterocycles. The van der Waals surface area contributed by atoms with Gasteiger partial charge in [0.1, 0.15) is 6.61 Å². The highest BCUT2D eigenvalue weighted by Gasteiger charge is 2.11.